The maximum absolute atomic E-state index is 13.3. The molecule has 1 aliphatic rings. The molecule has 1 saturated carbocycles. The lowest BCUT2D eigenvalue weighted by molar-refractivity contribution is 0.101. The predicted molar refractivity (Wildman–Crippen MR) is 46.4 cm³/mol. The van der Waals surface area contributed by atoms with Gasteiger partial charge in [0.1, 0.15) is 5.67 Å². The van der Waals surface area contributed by atoms with Gasteiger partial charge in [-0.3, -0.25) is 0 Å². The number of rotatable bonds is 2. The standard InChI is InChI=1S/C10H19F/c1-3-4-9-5-7-10(2,11)8-6-9/h9H,3-8H2,1-2H3. The quantitative estimate of drug-likeness (QED) is 0.574. The molecule has 0 nitrogen and oxygen atoms in total. The van der Waals surface area contributed by atoms with Gasteiger partial charge in [-0.05, 0) is 38.5 Å². The molecule has 0 aliphatic heterocycles. The van der Waals surface area contributed by atoms with E-state index in [1.165, 1.54) is 12.8 Å². The summed E-state index contributed by atoms with van der Waals surface area (Å²) in [7, 11) is 0. The summed E-state index contributed by atoms with van der Waals surface area (Å²) < 4.78 is 13.3. The second-order valence-electron chi connectivity index (χ2n) is 4.15. The van der Waals surface area contributed by atoms with E-state index in [0.29, 0.717) is 0 Å². The molecule has 0 N–H and O–H groups in total. The molecule has 11 heavy (non-hydrogen) atoms. The molecule has 1 aliphatic carbocycles. The van der Waals surface area contributed by atoms with Crippen molar-refractivity contribution in [2.24, 2.45) is 5.92 Å². The predicted octanol–water partition coefficient (Wildman–Crippen LogP) is 3.70. The highest BCUT2D eigenvalue weighted by molar-refractivity contribution is 4.81. The molecule has 0 spiro atoms. The zero-order valence-corrected chi connectivity index (χ0v) is 7.70. The Morgan fingerprint density at radius 1 is 1.36 bits per heavy atom. The van der Waals surface area contributed by atoms with E-state index in [-0.39, 0.29) is 0 Å². The van der Waals surface area contributed by atoms with E-state index in [4.69, 9.17) is 0 Å². The molecule has 0 radical (unpaired) electrons. The molecular formula is C10H19F. The summed E-state index contributed by atoms with van der Waals surface area (Å²) in [5.41, 5.74) is -0.843. The van der Waals surface area contributed by atoms with E-state index < -0.39 is 5.67 Å². The third kappa shape index (κ3) is 2.80. The van der Waals surface area contributed by atoms with Crippen LogP contribution >= 0.6 is 0 Å². The van der Waals surface area contributed by atoms with Gasteiger partial charge in [-0.25, -0.2) is 4.39 Å². The maximum Gasteiger partial charge on any atom is 0.108 e. The van der Waals surface area contributed by atoms with Crippen LogP contribution in [0, 0.1) is 5.92 Å². The number of halogens is 1. The van der Waals surface area contributed by atoms with Gasteiger partial charge >= 0.3 is 0 Å². The molecule has 0 saturated heterocycles. The van der Waals surface area contributed by atoms with Gasteiger partial charge in [0.2, 0.25) is 0 Å². The van der Waals surface area contributed by atoms with Crippen molar-refractivity contribution < 1.29 is 4.39 Å². The van der Waals surface area contributed by atoms with Crippen molar-refractivity contribution in [1.29, 1.82) is 0 Å². The van der Waals surface area contributed by atoms with Crippen LogP contribution in [0.4, 0.5) is 4.39 Å². The van der Waals surface area contributed by atoms with E-state index >= 15 is 0 Å². The number of hydrogen-bond acceptors (Lipinski definition) is 0. The van der Waals surface area contributed by atoms with Gasteiger partial charge in [0.25, 0.3) is 0 Å². The number of hydrogen-bond donors (Lipinski definition) is 0. The number of alkyl halides is 1. The van der Waals surface area contributed by atoms with Gasteiger partial charge in [-0.15, -0.1) is 0 Å². The molecule has 1 fully saturated rings. The molecule has 0 atom stereocenters. The van der Waals surface area contributed by atoms with Crippen molar-refractivity contribution in [1.82, 2.24) is 0 Å². The first-order valence-corrected chi connectivity index (χ1v) is 4.83. The smallest absolute Gasteiger partial charge is 0.108 e. The Morgan fingerprint density at radius 3 is 2.36 bits per heavy atom. The van der Waals surface area contributed by atoms with Gasteiger partial charge in [0, 0.05) is 0 Å². The lowest BCUT2D eigenvalue weighted by atomic mass is 9.79. The highest BCUT2D eigenvalue weighted by Gasteiger charge is 2.29. The fourth-order valence-electron chi connectivity index (χ4n) is 1.98. The third-order valence-electron chi connectivity index (χ3n) is 2.84. The SMILES string of the molecule is CCCC1CCC(C)(F)CC1. The van der Waals surface area contributed by atoms with Crippen molar-refractivity contribution in [3.63, 3.8) is 0 Å². The molecule has 0 unspecified atom stereocenters. The van der Waals surface area contributed by atoms with Crippen molar-refractivity contribution in [2.45, 2.75) is 58.0 Å². The van der Waals surface area contributed by atoms with E-state index in [9.17, 15) is 4.39 Å². The van der Waals surface area contributed by atoms with Crippen LogP contribution in [-0.4, -0.2) is 5.67 Å². The van der Waals surface area contributed by atoms with E-state index in [1.807, 2.05) is 0 Å². The average molecular weight is 158 g/mol. The molecule has 1 rings (SSSR count). The molecule has 0 heterocycles. The molecule has 0 aromatic heterocycles. The zero-order chi connectivity index (χ0) is 8.32. The minimum absolute atomic E-state index is 0.789. The fraction of sp³-hybridized carbons (Fsp3) is 1.00. The summed E-state index contributed by atoms with van der Waals surface area (Å²) in [6.45, 7) is 3.96. The molecule has 0 aromatic carbocycles. The van der Waals surface area contributed by atoms with Crippen LogP contribution in [0.2, 0.25) is 0 Å². The fourth-order valence-corrected chi connectivity index (χ4v) is 1.98. The van der Waals surface area contributed by atoms with E-state index in [0.717, 1.165) is 31.6 Å². The summed E-state index contributed by atoms with van der Waals surface area (Å²) in [5, 5.41) is 0. The van der Waals surface area contributed by atoms with Gasteiger partial charge in [0.05, 0.1) is 0 Å². The average Bonchev–Trinajstić information content (AvgIpc) is 1.94. The molecule has 0 bridgehead atoms. The summed E-state index contributed by atoms with van der Waals surface area (Å²) in [6, 6.07) is 0. The normalized spacial score (nSPS) is 39.0. The Morgan fingerprint density at radius 2 is 1.91 bits per heavy atom. The van der Waals surface area contributed by atoms with E-state index in [2.05, 4.69) is 6.92 Å². The minimum Gasteiger partial charge on any atom is -0.244 e. The first-order chi connectivity index (χ1) is 5.14. The summed E-state index contributed by atoms with van der Waals surface area (Å²) >= 11 is 0. The van der Waals surface area contributed by atoms with Crippen molar-refractivity contribution in [3.05, 3.63) is 0 Å². The lowest BCUT2D eigenvalue weighted by Crippen LogP contribution is -2.25. The second kappa shape index (κ2) is 3.55. The summed E-state index contributed by atoms with van der Waals surface area (Å²) in [6.07, 6.45) is 6.36. The Labute approximate surface area is 69.2 Å². The van der Waals surface area contributed by atoms with Crippen LogP contribution in [0.1, 0.15) is 52.4 Å². The van der Waals surface area contributed by atoms with Crippen LogP contribution in [0.5, 0.6) is 0 Å². The Hall–Kier alpha value is -0.0700. The monoisotopic (exact) mass is 158 g/mol. The Bertz CT molecular complexity index is 108. The largest absolute Gasteiger partial charge is 0.244 e. The van der Waals surface area contributed by atoms with Crippen LogP contribution in [0.15, 0.2) is 0 Å². The highest BCUT2D eigenvalue weighted by Crippen LogP contribution is 2.36. The first kappa shape index (κ1) is 9.02. The molecule has 1 heteroatoms. The van der Waals surface area contributed by atoms with Crippen LogP contribution in [0.25, 0.3) is 0 Å². The van der Waals surface area contributed by atoms with Gasteiger partial charge in [0.15, 0.2) is 0 Å². The van der Waals surface area contributed by atoms with Gasteiger partial charge in [-0.2, -0.15) is 0 Å². The van der Waals surface area contributed by atoms with Gasteiger partial charge < -0.3 is 0 Å². The second-order valence-corrected chi connectivity index (χ2v) is 4.15. The Kier molecular flexibility index (Phi) is 2.91. The minimum atomic E-state index is -0.843. The third-order valence-corrected chi connectivity index (χ3v) is 2.84. The lowest BCUT2D eigenvalue weighted by Gasteiger charge is -2.30. The molecular weight excluding hydrogens is 139 g/mol. The van der Waals surface area contributed by atoms with Crippen molar-refractivity contribution in [3.8, 4) is 0 Å². The van der Waals surface area contributed by atoms with Crippen LogP contribution in [0.3, 0.4) is 0 Å². The van der Waals surface area contributed by atoms with Gasteiger partial charge in [-0.1, -0.05) is 19.8 Å². The Balaban J connectivity index is 2.25. The molecule has 0 aromatic rings. The first-order valence-electron chi connectivity index (χ1n) is 4.83. The van der Waals surface area contributed by atoms with E-state index in [1.54, 1.807) is 6.92 Å². The van der Waals surface area contributed by atoms with Crippen LogP contribution in [-0.2, 0) is 0 Å². The summed E-state index contributed by atoms with van der Waals surface area (Å²) in [4.78, 5) is 0. The van der Waals surface area contributed by atoms with Crippen molar-refractivity contribution >= 4 is 0 Å². The highest BCUT2D eigenvalue weighted by atomic mass is 19.1. The maximum atomic E-state index is 13.3. The van der Waals surface area contributed by atoms with Crippen molar-refractivity contribution in [2.75, 3.05) is 0 Å². The molecule has 0 amide bonds. The summed E-state index contributed by atoms with van der Waals surface area (Å²) in [5.74, 6) is 0.823. The zero-order valence-electron chi connectivity index (χ0n) is 7.70. The topological polar surface area (TPSA) is 0 Å². The molecule has 66 valence electrons. The van der Waals surface area contributed by atoms with Crippen LogP contribution < -0.4 is 0 Å².